The second-order valence-corrected chi connectivity index (χ2v) is 7.65. The molecule has 3 fully saturated rings. The van der Waals surface area contributed by atoms with Crippen LogP contribution >= 0.6 is 0 Å². The SMILES string of the molecule is NCC(NC(=O)C1CCCN(C(=O)C2CC2)C1)C1CCCCC1. The highest BCUT2D eigenvalue weighted by atomic mass is 16.2. The fourth-order valence-electron chi connectivity index (χ4n) is 4.19. The smallest absolute Gasteiger partial charge is 0.225 e. The number of nitrogens with two attached hydrogens (primary N) is 1. The first kappa shape index (κ1) is 16.7. The van der Waals surface area contributed by atoms with Crippen LogP contribution in [0.1, 0.15) is 57.8 Å². The van der Waals surface area contributed by atoms with E-state index in [1.165, 1.54) is 32.1 Å². The summed E-state index contributed by atoms with van der Waals surface area (Å²) in [5.74, 6) is 1.11. The van der Waals surface area contributed by atoms with Crippen molar-refractivity contribution in [2.75, 3.05) is 19.6 Å². The van der Waals surface area contributed by atoms with Crippen molar-refractivity contribution in [1.29, 1.82) is 0 Å². The molecule has 0 aromatic heterocycles. The summed E-state index contributed by atoms with van der Waals surface area (Å²) in [5, 5.41) is 3.21. The Morgan fingerprint density at radius 2 is 1.74 bits per heavy atom. The van der Waals surface area contributed by atoms with Crippen molar-refractivity contribution < 1.29 is 9.59 Å². The van der Waals surface area contributed by atoms with Crippen molar-refractivity contribution in [3.05, 3.63) is 0 Å². The highest BCUT2D eigenvalue weighted by molar-refractivity contribution is 5.83. The van der Waals surface area contributed by atoms with E-state index in [1.807, 2.05) is 4.90 Å². The first-order chi connectivity index (χ1) is 11.2. The molecular weight excluding hydrogens is 290 g/mol. The van der Waals surface area contributed by atoms with Gasteiger partial charge in [0.15, 0.2) is 0 Å². The minimum atomic E-state index is -0.0518. The Bertz CT molecular complexity index is 430. The fourth-order valence-corrected chi connectivity index (χ4v) is 4.19. The topological polar surface area (TPSA) is 75.4 Å². The van der Waals surface area contributed by atoms with Crippen molar-refractivity contribution in [2.45, 2.75) is 63.8 Å². The lowest BCUT2D eigenvalue weighted by molar-refractivity contribution is -0.137. The molecule has 1 saturated heterocycles. The number of rotatable bonds is 5. The molecule has 2 atom stereocenters. The Balaban J connectivity index is 1.52. The maximum Gasteiger partial charge on any atom is 0.225 e. The predicted octanol–water partition coefficient (Wildman–Crippen LogP) is 1.66. The molecule has 0 bridgehead atoms. The Morgan fingerprint density at radius 1 is 1.00 bits per heavy atom. The van der Waals surface area contributed by atoms with E-state index in [2.05, 4.69) is 5.32 Å². The van der Waals surface area contributed by atoms with Crippen LogP contribution in [0, 0.1) is 17.8 Å². The first-order valence-electron chi connectivity index (χ1n) is 9.48. The van der Waals surface area contributed by atoms with Gasteiger partial charge in [-0.25, -0.2) is 0 Å². The number of carbonyl (C=O) groups excluding carboxylic acids is 2. The molecule has 2 saturated carbocycles. The van der Waals surface area contributed by atoms with Crippen LogP contribution in [0.5, 0.6) is 0 Å². The van der Waals surface area contributed by atoms with Gasteiger partial charge in [0.25, 0.3) is 0 Å². The Morgan fingerprint density at radius 3 is 2.39 bits per heavy atom. The normalized spacial score (nSPS) is 27.5. The number of nitrogens with one attached hydrogen (secondary N) is 1. The van der Waals surface area contributed by atoms with Crippen LogP contribution in [0.2, 0.25) is 0 Å². The van der Waals surface area contributed by atoms with Gasteiger partial charge in [-0.2, -0.15) is 0 Å². The molecule has 3 N–H and O–H groups in total. The van der Waals surface area contributed by atoms with Gasteiger partial charge in [0.2, 0.25) is 11.8 Å². The zero-order valence-electron chi connectivity index (χ0n) is 14.1. The molecule has 0 aromatic rings. The van der Waals surface area contributed by atoms with Gasteiger partial charge in [0, 0.05) is 31.6 Å². The van der Waals surface area contributed by atoms with Crippen molar-refractivity contribution in [1.82, 2.24) is 10.2 Å². The summed E-state index contributed by atoms with van der Waals surface area (Å²) in [6.07, 6.45) is 10.1. The van der Waals surface area contributed by atoms with E-state index in [0.29, 0.717) is 19.0 Å². The van der Waals surface area contributed by atoms with E-state index in [0.717, 1.165) is 32.2 Å². The first-order valence-corrected chi connectivity index (χ1v) is 9.48. The van der Waals surface area contributed by atoms with E-state index in [-0.39, 0.29) is 29.7 Å². The second kappa shape index (κ2) is 7.65. The number of nitrogens with zero attached hydrogens (tertiary/aromatic N) is 1. The predicted molar refractivity (Wildman–Crippen MR) is 89.6 cm³/mol. The lowest BCUT2D eigenvalue weighted by Gasteiger charge is -2.35. The molecule has 2 aliphatic carbocycles. The lowest BCUT2D eigenvalue weighted by Crippen LogP contribution is -2.51. The zero-order valence-corrected chi connectivity index (χ0v) is 14.1. The number of carbonyl (C=O) groups is 2. The highest BCUT2D eigenvalue weighted by Gasteiger charge is 2.37. The van der Waals surface area contributed by atoms with Gasteiger partial charge >= 0.3 is 0 Å². The molecule has 5 heteroatoms. The number of piperidine rings is 1. The molecule has 3 aliphatic rings. The largest absolute Gasteiger partial charge is 0.352 e. The minimum absolute atomic E-state index is 0.0518. The Kier molecular flexibility index (Phi) is 5.57. The van der Waals surface area contributed by atoms with Crippen LogP contribution in [0.3, 0.4) is 0 Å². The number of likely N-dealkylation sites (tertiary alicyclic amines) is 1. The number of hydrogen-bond donors (Lipinski definition) is 2. The van der Waals surface area contributed by atoms with E-state index in [1.54, 1.807) is 0 Å². The molecule has 0 aromatic carbocycles. The molecule has 130 valence electrons. The zero-order chi connectivity index (χ0) is 16.2. The molecule has 0 radical (unpaired) electrons. The molecule has 5 nitrogen and oxygen atoms in total. The fraction of sp³-hybridized carbons (Fsp3) is 0.889. The van der Waals surface area contributed by atoms with Gasteiger partial charge in [-0.1, -0.05) is 19.3 Å². The lowest BCUT2D eigenvalue weighted by atomic mass is 9.83. The summed E-state index contributed by atoms with van der Waals surface area (Å²) in [4.78, 5) is 26.8. The van der Waals surface area contributed by atoms with E-state index < -0.39 is 0 Å². The van der Waals surface area contributed by atoms with Gasteiger partial charge in [-0.3, -0.25) is 9.59 Å². The van der Waals surface area contributed by atoms with Gasteiger partial charge in [0.05, 0.1) is 5.92 Å². The van der Waals surface area contributed by atoms with E-state index in [4.69, 9.17) is 5.73 Å². The van der Waals surface area contributed by atoms with Crippen molar-refractivity contribution in [3.8, 4) is 0 Å². The molecule has 2 amide bonds. The monoisotopic (exact) mass is 321 g/mol. The van der Waals surface area contributed by atoms with Crippen LogP contribution in [-0.2, 0) is 9.59 Å². The van der Waals surface area contributed by atoms with Crippen molar-refractivity contribution in [3.63, 3.8) is 0 Å². The molecule has 2 unspecified atom stereocenters. The van der Waals surface area contributed by atoms with Crippen LogP contribution in [-0.4, -0.2) is 42.4 Å². The van der Waals surface area contributed by atoms with Crippen LogP contribution in [0.4, 0.5) is 0 Å². The minimum Gasteiger partial charge on any atom is -0.352 e. The average molecular weight is 321 g/mol. The second-order valence-electron chi connectivity index (χ2n) is 7.65. The Labute approximate surface area is 139 Å². The standard InChI is InChI=1S/C18H31N3O2/c19-11-16(13-5-2-1-3-6-13)20-17(22)15-7-4-10-21(12-15)18(23)14-8-9-14/h13-16H,1-12,19H2,(H,20,22). The van der Waals surface area contributed by atoms with Crippen molar-refractivity contribution in [2.24, 2.45) is 23.5 Å². The summed E-state index contributed by atoms with van der Waals surface area (Å²) in [6.45, 7) is 1.94. The maximum atomic E-state index is 12.7. The summed E-state index contributed by atoms with van der Waals surface area (Å²) in [6, 6.07) is 0.109. The van der Waals surface area contributed by atoms with Gasteiger partial charge < -0.3 is 16.0 Å². The summed E-state index contributed by atoms with van der Waals surface area (Å²) >= 11 is 0. The molecule has 23 heavy (non-hydrogen) atoms. The van der Waals surface area contributed by atoms with E-state index >= 15 is 0 Å². The summed E-state index contributed by atoms with van der Waals surface area (Å²) < 4.78 is 0. The van der Waals surface area contributed by atoms with Crippen LogP contribution in [0.25, 0.3) is 0 Å². The third-order valence-electron chi connectivity index (χ3n) is 5.83. The van der Waals surface area contributed by atoms with Crippen molar-refractivity contribution >= 4 is 11.8 Å². The average Bonchev–Trinajstić information content (AvgIpc) is 3.44. The van der Waals surface area contributed by atoms with E-state index in [9.17, 15) is 9.59 Å². The molecule has 1 aliphatic heterocycles. The Hall–Kier alpha value is -1.10. The van der Waals surface area contributed by atoms with Crippen LogP contribution in [0.15, 0.2) is 0 Å². The number of hydrogen-bond acceptors (Lipinski definition) is 3. The van der Waals surface area contributed by atoms with Gasteiger partial charge in [-0.05, 0) is 44.4 Å². The summed E-state index contributed by atoms with van der Waals surface area (Å²) in [7, 11) is 0. The highest BCUT2D eigenvalue weighted by Crippen LogP contribution is 2.32. The number of amides is 2. The molecule has 3 rings (SSSR count). The molecular formula is C18H31N3O2. The molecule has 0 spiro atoms. The maximum absolute atomic E-state index is 12.7. The summed E-state index contributed by atoms with van der Waals surface area (Å²) in [5.41, 5.74) is 5.93. The third kappa shape index (κ3) is 4.25. The molecule has 1 heterocycles. The third-order valence-corrected chi connectivity index (χ3v) is 5.83. The van der Waals surface area contributed by atoms with Crippen LogP contribution < -0.4 is 11.1 Å². The quantitative estimate of drug-likeness (QED) is 0.808. The van der Waals surface area contributed by atoms with Gasteiger partial charge in [-0.15, -0.1) is 0 Å². The van der Waals surface area contributed by atoms with Gasteiger partial charge in [0.1, 0.15) is 0 Å².